The van der Waals surface area contributed by atoms with E-state index < -0.39 is 5.82 Å². The Morgan fingerprint density at radius 2 is 2.00 bits per heavy atom. The molecule has 0 N–H and O–H groups in total. The lowest BCUT2D eigenvalue weighted by Gasteiger charge is -2.37. The number of likely N-dealkylation sites (tertiary alicyclic amines) is 1. The number of halogens is 1. The zero-order chi connectivity index (χ0) is 18.1. The zero-order valence-electron chi connectivity index (χ0n) is 14.8. The molecule has 1 saturated carbocycles. The lowest BCUT2D eigenvalue weighted by molar-refractivity contribution is -0.143. The molecule has 0 radical (unpaired) electrons. The molecular formula is C19H24FN3O3. The number of hydrogen-bond acceptors (Lipinski definition) is 4. The Morgan fingerprint density at radius 1 is 1.19 bits per heavy atom. The number of fused-ring (bicyclic) bond motifs is 1. The van der Waals surface area contributed by atoms with Crippen molar-refractivity contribution in [1.29, 1.82) is 0 Å². The summed E-state index contributed by atoms with van der Waals surface area (Å²) in [5, 5.41) is 0. The number of rotatable bonds is 3. The smallest absolute Gasteiger partial charge is 0.229 e. The van der Waals surface area contributed by atoms with Gasteiger partial charge in [0.05, 0.1) is 31.4 Å². The Kier molecular flexibility index (Phi) is 4.89. The molecule has 1 aliphatic carbocycles. The van der Waals surface area contributed by atoms with Gasteiger partial charge in [0.2, 0.25) is 11.8 Å². The van der Waals surface area contributed by atoms with Crippen LogP contribution >= 0.6 is 0 Å². The van der Waals surface area contributed by atoms with E-state index in [2.05, 4.69) is 4.98 Å². The van der Waals surface area contributed by atoms with Gasteiger partial charge in [-0.3, -0.25) is 14.6 Å². The van der Waals surface area contributed by atoms with Gasteiger partial charge < -0.3 is 14.5 Å². The predicted octanol–water partition coefficient (Wildman–Crippen LogP) is 1.39. The summed E-state index contributed by atoms with van der Waals surface area (Å²) in [6.45, 7) is 2.73. The number of nitrogens with zero attached hydrogens (tertiary/aromatic N) is 3. The van der Waals surface area contributed by atoms with Crippen LogP contribution in [0.25, 0.3) is 0 Å². The second-order valence-corrected chi connectivity index (χ2v) is 7.41. The first-order valence-corrected chi connectivity index (χ1v) is 9.42. The van der Waals surface area contributed by atoms with Crippen molar-refractivity contribution in [3.8, 4) is 0 Å². The molecular weight excluding hydrogens is 337 g/mol. The molecule has 7 heteroatoms. The van der Waals surface area contributed by atoms with Crippen LogP contribution in [0.4, 0.5) is 4.39 Å². The summed E-state index contributed by atoms with van der Waals surface area (Å²) in [6.07, 6.45) is 4.74. The van der Waals surface area contributed by atoms with E-state index in [0.717, 1.165) is 32.1 Å². The largest absolute Gasteiger partial charge is 0.374 e. The van der Waals surface area contributed by atoms with Crippen molar-refractivity contribution in [2.45, 2.75) is 44.2 Å². The van der Waals surface area contributed by atoms with Gasteiger partial charge in [0.1, 0.15) is 5.82 Å². The molecule has 2 amide bonds. The lowest BCUT2D eigenvalue weighted by atomic mass is 10.1. The maximum Gasteiger partial charge on any atom is 0.229 e. The molecule has 3 atom stereocenters. The molecule has 3 heterocycles. The number of amides is 2. The normalized spacial score (nSPS) is 28.3. The third-order valence-electron chi connectivity index (χ3n) is 5.74. The van der Waals surface area contributed by atoms with Gasteiger partial charge in [0, 0.05) is 31.2 Å². The highest BCUT2D eigenvalue weighted by Crippen LogP contribution is 2.36. The number of morpholine rings is 1. The first kappa shape index (κ1) is 17.4. The second-order valence-electron chi connectivity index (χ2n) is 7.41. The minimum Gasteiger partial charge on any atom is -0.374 e. The van der Waals surface area contributed by atoms with Crippen molar-refractivity contribution in [1.82, 2.24) is 14.8 Å². The van der Waals surface area contributed by atoms with Crippen LogP contribution in [0, 0.1) is 11.7 Å². The van der Waals surface area contributed by atoms with Crippen molar-refractivity contribution >= 4 is 11.8 Å². The van der Waals surface area contributed by atoms with Gasteiger partial charge in [0.15, 0.2) is 0 Å². The number of aromatic nitrogens is 1. The van der Waals surface area contributed by atoms with Crippen LogP contribution in [0.3, 0.4) is 0 Å². The molecule has 3 fully saturated rings. The molecule has 0 aromatic carbocycles. The quantitative estimate of drug-likeness (QED) is 0.816. The van der Waals surface area contributed by atoms with E-state index in [4.69, 9.17) is 4.74 Å². The van der Waals surface area contributed by atoms with Crippen molar-refractivity contribution in [3.05, 3.63) is 29.8 Å². The van der Waals surface area contributed by atoms with E-state index in [-0.39, 0.29) is 36.3 Å². The number of pyridine rings is 1. The van der Waals surface area contributed by atoms with Gasteiger partial charge in [-0.25, -0.2) is 4.39 Å². The Bertz CT molecular complexity index is 675. The fourth-order valence-electron chi connectivity index (χ4n) is 4.43. The van der Waals surface area contributed by atoms with E-state index in [1.54, 1.807) is 6.07 Å². The van der Waals surface area contributed by atoms with Gasteiger partial charge in [-0.05, 0) is 37.8 Å². The number of carbonyl (C=O) groups excluding carboxylic acids is 2. The zero-order valence-corrected chi connectivity index (χ0v) is 14.8. The average molecular weight is 361 g/mol. The molecule has 140 valence electrons. The summed E-state index contributed by atoms with van der Waals surface area (Å²) < 4.78 is 18.9. The molecule has 0 unspecified atom stereocenters. The Morgan fingerprint density at radius 3 is 2.73 bits per heavy atom. The molecule has 6 nitrogen and oxygen atoms in total. The fraction of sp³-hybridized carbons (Fsp3) is 0.632. The van der Waals surface area contributed by atoms with Crippen LogP contribution in [0.15, 0.2) is 18.3 Å². The summed E-state index contributed by atoms with van der Waals surface area (Å²) in [6, 6.07) is 2.81. The lowest BCUT2D eigenvalue weighted by Crippen LogP contribution is -2.51. The average Bonchev–Trinajstić information content (AvgIpc) is 3.32. The third-order valence-corrected chi connectivity index (χ3v) is 5.74. The van der Waals surface area contributed by atoms with Crippen LogP contribution in [0.2, 0.25) is 0 Å². The summed E-state index contributed by atoms with van der Waals surface area (Å²) in [4.78, 5) is 33.3. The third kappa shape index (κ3) is 3.45. The van der Waals surface area contributed by atoms with Crippen molar-refractivity contribution < 1.29 is 18.7 Å². The van der Waals surface area contributed by atoms with Crippen LogP contribution in [0.5, 0.6) is 0 Å². The molecule has 0 bridgehead atoms. The van der Waals surface area contributed by atoms with Crippen molar-refractivity contribution in [2.24, 2.45) is 5.92 Å². The topological polar surface area (TPSA) is 62.7 Å². The molecule has 4 rings (SSSR count). The summed E-state index contributed by atoms with van der Waals surface area (Å²) in [5.74, 6) is -0.281. The molecule has 0 spiro atoms. The number of hydrogen-bond donors (Lipinski definition) is 0. The number of ether oxygens (including phenoxy) is 1. The highest BCUT2D eigenvalue weighted by Gasteiger charge is 2.46. The summed E-state index contributed by atoms with van der Waals surface area (Å²) in [5.41, 5.74) is 0.558. The van der Waals surface area contributed by atoms with Crippen LogP contribution in [-0.4, -0.2) is 65.0 Å². The van der Waals surface area contributed by atoms with Crippen molar-refractivity contribution in [3.63, 3.8) is 0 Å². The molecule has 1 aromatic heterocycles. The molecule has 1 aromatic rings. The van der Waals surface area contributed by atoms with E-state index in [1.165, 1.54) is 6.07 Å². The van der Waals surface area contributed by atoms with Gasteiger partial charge in [-0.2, -0.15) is 0 Å². The molecule has 2 saturated heterocycles. The molecule has 2 aliphatic heterocycles. The number of carbonyl (C=O) groups is 2. The van der Waals surface area contributed by atoms with Crippen molar-refractivity contribution in [2.75, 3.05) is 26.2 Å². The predicted molar refractivity (Wildman–Crippen MR) is 91.7 cm³/mol. The minimum atomic E-state index is -0.410. The SMILES string of the molecule is O=C([C@H]1C[C@@H]2[C@@H](C1)OCCN2C(=O)Cc1ccc(F)cn1)N1CCCC1. The Labute approximate surface area is 152 Å². The Balaban J connectivity index is 1.41. The van der Waals surface area contributed by atoms with Gasteiger partial charge >= 0.3 is 0 Å². The van der Waals surface area contributed by atoms with Gasteiger partial charge in [-0.1, -0.05) is 0 Å². The van der Waals surface area contributed by atoms with E-state index in [1.807, 2.05) is 9.80 Å². The van der Waals surface area contributed by atoms with E-state index >= 15 is 0 Å². The maximum absolute atomic E-state index is 13.0. The standard InChI is InChI=1S/C19H24FN3O3/c20-14-3-4-15(21-12-14)11-18(24)23-7-8-26-17-10-13(9-16(17)23)19(25)22-5-1-2-6-22/h3-4,12-13,16-17H,1-2,5-11H2/t13-,16+,17+/m0/s1. The first-order valence-electron chi connectivity index (χ1n) is 9.42. The maximum atomic E-state index is 13.0. The highest BCUT2D eigenvalue weighted by molar-refractivity contribution is 5.81. The van der Waals surface area contributed by atoms with Crippen LogP contribution < -0.4 is 0 Å². The summed E-state index contributed by atoms with van der Waals surface area (Å²) >= 11 is 0. The molecule has 3 aliphatic rings. The second kappa shape index (κ2) is 7.31. The van der Waals surface area contributed by atoms with Crippen LogP contribution in [0.1, 0.15) is 31.4 Å². The van der Waals surface area contributed by atoms with Gasteiger partial charge in [-0.15, -0.1) is 0 Å². The van der Waals surface area contributed by atoms with E-state index in [9.17, 15) is 14.0 Å². The highest BCUT2D eigenvalue weighted by atomic mass is 19.1. The first-order chi connectivity index (χ1) is 12.6. The molecule has 26 heavy (non-hydrogen) atoms. The van der Waals surface area contributed by atoms with Crippen LogP contribution in [-0.2, 0) is 20.7 Å². The van der Waals surface area contributed by atoms with E-state index in [0.29, 0.717) is 31.7 Å². The minimum absolute atomic E-state index is 0.0309. The Hall–Kier alpha value is -2.02. The summed E-state index contributed by atoms with van der Waals surface area (Å²) in [7, 11) is 0. The fourth-order valence-corrected chi connectivity index (χ4v) is 4.43. The van der Waals surface area contributed by atoms with Gasteiger partial charge in [0.25, 0.3) is 0 Å². The monoisotopic (exact) mass is 361 g/mol.